The fourth-order valence-corrected chi connectivity index (χ4v) is 5.49. The van der Waals surface area contributed by atoms with Gasteiger partial charge in [0.2, 0.25) is 0 Å². The van der Waals surface area contributed by atoms with Gasteiger partial charge in [0.15, 0.2) is 8.32 Å². The van der Waals surface area contributed by atoms with Crippen molar-refractivity contribution >= 4 is 16.4 Å². The van der Waals surface area contributed by atoms with Crippen LogP contribution in [0.25, 0.3) is 0 Å². The molecule has 3 heteroatoms. The molecule has 0 fully saturated rings. The van der Waals surface area contributed by atoms with Gasteiger partial charge in [0, 0.05) is 0 Å². The summed E-state index contributed by atoms with van der Waals surface area (Å²) in [7, 11) is -3.08. The number of allylic oxidation sites excluding steroid dienone is 3. The van der Waals surface area contributed by atoms with Crippen LogP contribution >= 0.6 is 0 Å². The molecule has 0 amide bonds. The quantitative estimate of drug-likeness (QED) is 0.177. The monoisotopic (exact) mass is 410 g/mol. The van der Waals surface area contributed by atoms with Crippen LogP contribution in [0.3, 0.4) is 0 Å². The molecule has 0 aliphatic rings. The van der Waals surface area contributed by atoms with E-state index in [-0.39, 0.29) is 11.1 Å². The first-order valence-electron chi connectivity index (χ1n) is 11.3. The van der Waals surface area contributed by atoms with Crippen molar-refractivity contribution in [3.8, 4) is 0 Å². The van der Waals surface area contributed by atoms with Crippen molar-refractivity contribution in [2.24, 2.45) is 5.92 Å². The summed E-state index contributed by atoms with van der Waals surface area (Å²) in [4.78, 5) is 0. The van der Waals surface area contributed by atoms with Gasteiger partial charge in [0.25, 0.3) is 0 Å². The van der Waals surface area contributed by atoms with Crippen molar-refractivity contribution in [2.45, 2.75) is 124 Å². The predicted molar refractivity (Wildman–Crippen MR) is 131 cm³/mol. The predicted octanol–water partition coefficient (Wildman–Crippen LogP) is 8.75. The second-order valence-corrected chi connectivity index (χ2v) is 21.0. The van der Waals surface area contributed by atoms with Crippen LogP contribution < -0.4 is 0 Å². The SMILES string of the molecule is CCCCCC/C=C(/C=C/C(CC(C)C)O[Si](C)(C)C(C)(C)C)[Si](C)(C)C. The molecule has 0 aliphatic carbocycles. The lowest BCUT2D eigenvalue weighted by atomic mass is 10.1. The summed E-state index contributed by atoms with van der Waals surface area (Å²) in [6.45, 7) is 26.0. The van der Waals surface area contributed by atoms with Gasteiger partial charge < -0.3 is 4.43 Å². The molecule has 160 valence electrons. The van der Waals surface area contributed by atoms with Gasteiger partial charge in [-0.3, -0.25) is 0 Å². The summed E-state index contributed by atoms with van der Waals surface area (Å²) >= 11 is 0. The molecule has 27 heavy (non-hydrogen) atoms. The lowest BCUT2D eigenvalue weighted by Gasteiger charge is -2.39. The zero-order valence-electron chi connectivity index (χ0n) is 20.5. The van der Waals surface area contributed by atoms with Gasteiger partial charge >= 0.3 is 0 Å². The molecule has 0 saturated carbocycles. The largest absolute Gasteiger partial charge is 0.411 e. The first kappa shape index (κ1) is 26.9. The van der Waals surface area contributed by atoms with Gasteiger partial charge in [-0.15, -0.1) is 0 Å². The number of rotatable bonds is 12. The molecule has 0 spiro atoms. The average molecular weight is 411 g/mol. The number of hydrogen-bond acceptors (Lipinski definition) is 1. The maximum Gasteiger partial charge on any atom is 0.192 e. The summed E-state index contributed by atoms with van der Waals surface area (Å²) in [5.41, 5.74) is 0. The Morgan fingerprint density at radius 3 is 2.00 bits per heavy atom. The molecule has 0 radical (unpaired) electrons. The summed E-state index contributed by atoms with van der Waals surface area (Å²) in [5.74, 6) is 0.651. The second kappa shape index (κ2) is 11.8. The Morgan fingerprint density at radius 2 is 1.56 bits per heavy atom. The minimum atomic E-state index is -1.75. The highest BCUT2D eigenvalue weighted by atomic mass is 28.4. The third kappa shape index (κ3) is 11.5. The third-order valence-electron chi connectivity index (χ3n) is 5.73. The number of hydrogen-bond donors (Lipinski definition) is 0. The van der Waals surface area contributed by atoms with Gasteiger partial charge in [-0.1, -0.05) is 104 Å². The van der Waals surface area contributed by atoms with Crippen LogP contribution in [-0.2, 0) is 4.43 Å². The van der Waals surface area contributed by atoms with E-state index in [1.807, 2.05) is 0 Å². The highest BCUT2D eigenvalue weighted by Crippen LogP contribution is 2.38. The van der Waals surface area contributed by atoms with Crippen molar-refractivity contribution in [1.82, 2.24) is 0 Å². The molecule has 0 rings (SSSR count). The van der Waals surface area contributed by atoms with Gasteiger partial charge in [-0.2, -0.15) is 0 Å². The van der Waals surface area contributed by atoms with Crippen LogP contribution in [0.4, 0.5) is 0 Å². The van der Waals surface area contributed by atoms with E-state index in [9.17, 15) is 0 Å². The van der Waals surface area contributed by atoms with Crippen LogP contribution in [0, 0.1) is 5.92 Å². The normalized spacial score (nSPS) is 15.8. The van der Waals surface area contributed by atoms with Crippen LogP contribution in [0.2, 0.25) is 37.8 Å². The standard InChI is InChI=1S/C24H50OSi2/c1-12-13-14-15-16-17-23(26(7,8)9)19-18-22(20-21(2)3)25-27(10,11)24(4,5)6/h17-19,21-22H,12-16,20H2,1-11H3/b19-18+,23-17-. The summed E-state index contributed by atoms with van der Waals surface area (Å²) in [6.07, 6.45) is 15.3. The Hall–Kier alpha value is -0.126. The molecule has 0 aromatic carbocycles. The maximum absolute atomic E-state index is 6.77. The molecular weight excluding hydrogens is 360 g/mol. The van der Waals surface area contributed by atoms with E-state index in [0.717, 1.165) is 6.42 Å². The third-order valence-corrected chi connectivity index (χ3v) is 12.3. The Bertz CT molecular complexity index is 462. The lowest BCUT2D eigenvalue weighted by molar-refractivity contribution is 0.198. The molecule has 1 unspecified atom stereocenters. The van der Waals surface area contributed by atoms with Crippen molar-refractivity contribution in [3.63, 3.8) is 0 Å². The minimum Gasteiger partial charge on any atom is -0.411 e. The maximum atomic E-state index is 6.77. The molecule has 0 aromatic heterocycles. The Labute approximate surface area is 174 Å². The van der Waals surface area contributed by atoms with Crippen LogP contribution in [0.15, 0.2) is 23.4 Å². The van der Waals surface area contributed by atoms with E-state index < -0.39 is 16.4 Å². The fourth-order valence-electron chi connectivity index (χ4n) is 2.85. The highest BCUT2D eigenvalue weighted by molar-refractivity contribution is 6.83. The first-order valence-corrected chi connectivity index (χ1v) is 17.7. The van der Waals surface area contributed by atoms with Crippen molar-refractivity contribution < 1.29 is 4.43 Å². The summed E-state index contributed by atoms with van der Waals surface area (Å²) in [6, 6.07) is 0. The molecule has 0 saturated heterocycles. The topological polar surface area (TPSA) is 9.23 Å². The fraction of sp³-hybridized carbons (Fsp3) is 0.833. The molecular formula is C24H50OSi2. The average Bonchev–Trinajstić information content (AvgIpc) is 2.46. The first-order chi connectivity index (χ1) is 12.2. The van der Waals surface area contributed by atoms with Gasteiger partial charge in [-0.05, 0) is 43.3 Å². The molecule has 0 heterocycles. The van der Waals surface area contributed by atoms with Gasteiger partial charge in [0.05, 0.1) is 14.2 Å². The molecule has 1 nitrogen and oxygen atoms in total. The zero-order valence-corrected chi connectivity index (χ0v) is 22.5. The summed E-state index contributed by atoms with van der Waals surface area (Å²) < 4.78 is 6.77. The smallest absolute Gasteiger partial charge is 0.192 e. The van der Waals surface area contributed by atoms with Crippen molar-refractivity contribution in [1.29, 1.82) is 0 Å². The minimum absolute atomic E-state index is 0.241. The van der Waals surface area contributed by atoms with Crippen molar-refractivity contribution in [3.05, 3.63) is 23.4 Å². The summed E-state index contributed by atoms with van der Waals surface area (Å²) in [5, 5.41) is 1.85. The molecule has 0 bridgehead atoms. The highest BCUT2D eigenvalue weighted by Gasteiger charge is 2.38. The molecule has 0 aliphatic heterocycles. The zero-order chi connectivity index (χ0) is 21.3. The van der Waals surface area contributed by atoms with Crippen LogP contribution in [0.1, 0.15) is 80.1 Å². The van der Waals surface area contributed by atoms with E-state index >= 15 is 0 Å². The van der Waals surface area contributed by atoms with Gasteiger partial charge in [0.1, 0.15) is 0 Å². The van der Waals surface area contributed by atoms with E-state index in [1.165, 1.54) is 32.1 Å². The van der Waals surface area contributed by atoms with Crippen LogP contribution in [0.5, 0.6) is 0 Å². The lowest BCUT2D eigenvalue weighted by Crippen LogP contribution is -2.43. The van der Waals surface area contributed by atoms with E-state index in [4.69, 9.17) is 4.43 Å². The Balaban J connectivity index is 5.30. The molecule has 0 aromatic rings. The van der Waals surface area contributed by atoms with Crippen LogP contribution in [-0.4, -0.2) is 22.5 Å². The molecule has 0 N–H and O–H groups in total. The Morgan fingerprint density at radius 1 is 0.963 bits per heavy atom. The van der Waals surface area contributed by atoms with Crippen molar-refractivity contribution in [2.75, 3.05) is 0 Å². The van der Waals surface area contributed by atoms with Gasteiger partial charge in [-0.25, -0.2) is 0 Å². The van der Waals surface area contributed by atoms with E-state index in [1.54, 1.807) is 5.20 Å². The van der Waals surface area contributed by atoms with E-state index in [2.05, 4.69) is 92.5 Å². The van der Waals surface area contributed by atoms with E-state index in [0.29, 0.717) is 5.92 Å². The second-order valence-electron chi connectivity index (χ2n) is 11.2. The number of unbranched alkanes of at least 4 members (excludes halogenated alkanes) is 4. The molecule has 1 atom stereocenters. The Kier molecular flexibility index (Phi) is 11.7.